The van der Waals surface area contributed by atoms with Crippen molar-refractivity contribution in [3.05, 3.63) is 125 Å². The van der Waals surface area contributed by atoms with E-state index in [2.05, 4.69) is 9.62 Å². The Labute approximate surface area is 265 Å². The zero-order valence-electron chi connectivity index (χ0n) is 25.2. The number of nitrogens with one attached hydrogen (secondary N) is 1. The van der Waals surface area contributed by atoms with E-state index >= 15 is 0 Å². The summed E-state index contributed by atoms with van der Waals surface area (Å²) < 4.78 is 41.1. The summed E-state index contributed by atoms with van der Waals surface area (Å²) in [6.45, 7) is 2.02. The van der Waals surface area contributed by atoms with E-state index in [1.165, 1.54) is 0 Å². The maximum absolute atomic E-state index is 12.7. The van der Waals surface area contributed by atoms with Crippen LogP contribution in [0.15, 0.2) is 108 Å². The van der Waals surface area contributed by atoms with E-state index in [4.69, 9.17) is 9.47 Å². The van der Waals surface area contributed by atoms with Crippen LogP contribution >= 0.6 is 0 Å². The molecular weight excluding hydrogens is 588 g/mol. The molecule has 0 bridgehead atoms. The Morgan fingerprint density at radius 2 is 1.56 bits per heavy atom. The predicted octanol–water partition coefficient (Wildman–Crippen LogP) is 5.33. The van der Waals surface area contributed by atoms with E-state index < -0.39 is 16.3 Å². The third-order valence-electron chi connectivity index (χ3n) is 8.73. The second-order valence-electron chi connectivity index (χ2n) is 11.8. The normalized spacial score (nSPS) is 22.4. The standard InChI is InChI=1S/C36H40N2O6S/c39-24-26-11-13-29(14-12-26)35-21-33(23-38-19-5-8-32(38)25-40)43-36(44-35)30-17-15-28(16-18-30)31-7-4-6-27(20-31)22-37-45(41,42)34-9-2-1-3-10-34/h1-4,6-7,9-18,20,32-33,35-37,39-40H,5,8,19,21-25H2/t32-,33+,35-,36-/m0/s1. The van der Waals surface area contributed by atoms with Crippen molar-refractivity contribution in [1.29, 1.82) is 0 Å². The highest BCUT2D eigenvalue weighted by molar-refractivity contribution is 7.89. The first-order chi connectivity index (χ1) is 21.9. The van der Waals surface area contributed by atoms with Crippen LogP contribution in [0, 0.1) is 0 Å². The number of benzene rings is 4. The van der Waals surface area contributed by atoms with Crippen LogP contribution in [-0.2, 0) is 32.6 Å². The molecule has 0 aromatic heterocycles. The van der Waals surface area contributed by atoms with E-state index in [0.29, 0.717) is 6.42 Å². The molecule has 8 nitrogen and oxygen atoms in total. The monoisotopic (exact) mass is 628 g/mol. The molecule has 4 aromatic carbocycles. The molecule has 0 amide bonds. The molecule has 4 atom stereocenters. The van der Waals surface area contributed by atoms with E-state index in [1.54, 1.807) is 30.3 Å². The van der Waals surface area contributed by atoms with E-state index in [-0.39, 0.29) is 42.9 Å². The largest absolute Gasteiger partial charge is 0.395 e. The second-order valence-corrected chi connectivity index (χ2v) is 13.6. The van der Waals surface area contributed by atoms with Crippen molar-refractivity contribution in [2.45, 2.75) is 61.8 Å². The molecule has 2 saturated heterocycles. The van der Waals surface area contributed by atoms with Crippen molar-refractivity contribution >= 4 is 10.0 Å². The highest BCUT2D eigenvalue weighted by Crippen LogP contribution is 2.39. The average Bonchev–Trinajstić information content (AvgIpc) is 3.55. The Hall–Kier alpha value is -3.41. The number of rotatable bonds is 11. The molecule has 2 fully saturated rings. The van der Waals surface area contributed by atoms with Gasteiger partial charge in [0.2, 0.25) is 10.0 Å². The summed E-state index contributed by atoms with van der Waals surface area (Å²) in [7, 11) is -3.60. The fourth-order valence-electron chi connectivity index (χ4n) is 6.19. The minimum atomic E-state index is -3.60. The van der Waals surface area contributed by atoms with Crippen molar-refractivity contribution in [2.24, 2.45) is 0 Å². The Morgan fingerprint density at radius 1 is 0.800 bits per heavy atom. The van der Waals surface area contributed by atoms with Crippen LogP contribution in [0.2, 0.25) is 0 Å². The van der Waals surface area contributed by atoms with Gasteiger partial charge in [0.25, 0.3) is 0 Å². The first-order valence-electron chi connectivity index (χ1n) is 15.5. The summed E-state index contributed by atoms with van der Waals surface area (Å²) in [6.07, 6.45) is 1.96. The van der Waals surface area contributed by atoms with Crippen molar-refractivity contribution < 1.29 is 28.1 Å². The van der Waals surface area contributed by atoms with Crippen molar-refractivity contribution in [3.8, 4) is 11.1 Å². The molecular formula is C36H40N2O6S. The number of aliphatic hydroxyl groups is 2. The second kappa shape index (κ2) is 14.3. The summed E-state index contributed by atoms with van der Waals surface area (Å²) >= 11 is 0. The number of ether oxygens (including phenoxy) is 2. The minimum Gasteiger partial charge on any atom is -0.395 e. The predicted molar refractivity (Wildman–Crippen MR) is 172 cm³/mol. The fraction of sp³-hybridized carbons (Fsp3) is 0.333. The number of nitrogens with zero attached hydrogens (tertiary/aromatic N) is 1. The molecule has 4 aromatic rings. The van der Waals surface area contributed by atoms with Gasteiger partial charge in [0.05, 0.1) is 30.3 Å². The molecule has 0 aliphatic carbocycles. The van der Waals surface area contributed by atoms with Gasteiger partial charge in [-0.25, -0.2) is 13.1 Å². The van der Waals surface area contributed by atoms with Gasteiger partial charge in [-0.2, -0.15) is 0 Å². The van der Waals surface area contributed by atoms with E-state index in [9.17, 15) is 18.6 Å². The maximum atomic E-state index is 12.7. The smallest absolute Gasteiger partial charge is 0.240 e. The van der Waals surface area contributed by atoms with Gasteiger partial charge in [-0.15, -0.1) is 0 Å². The molecule has 0 saturated carbocycles. The molecule has 9 heteroatoms. The lowest BCUT2D eigenvalue weighted by atomic mass is 9.99. The van der Waals surface area contributed by atoms with Gasteiger partial charge in [-0.3, -0.25) is 4.90 Å². The van der Waals surface area contributed by atoms with Crippen LogP contribution in [0.5, 0.6) is 0 Å². The van der Waals surface area contributed by atoms with Gasteiger partial charge >= 0.3 is 0 Å². The average molecular weight is 629 g/mol. The first-order valence-corrected chi connectivity index (χ1v) is 17.0. The highest BCUT2D eigenvalue weighted by atomic mass is 32.2. The van der Waals surface area contributed by atoms with Crippen LogP contribution < -0.4 is 4.72 Å². The third-order valence-corrected chi connectivity index (χ3v) is 10.1. The van der Waals surface area contributed by atoms with Gasteiger partial charge in [-0.05, 0) is 65.4 Å². The number of likely N-dealkylation sites (tertiary alicyclic amines) is 1. The molecule has 6 rings (SSSR count). The summed E-state index contributed by atoms with van der Waals surface area (Å²) in [5.41, 5.74) is 5.64. The van der Waals surface area contributed by atoms with Crippen molar-refractivity contribution in [3.63, 3.8) is 0 Å². The lowest BCUT2D eigenvalue weighted by molar-refractivity contribution is -0.253. The van der Waals surface area contributed by atoms with Crippen LogP contribution in [0.1, 0.15) is 53.9 Å². The first kappa shape index (κ1) is 31.6. The zero-order valence-corrected chi connectivity index (χ0v) is 26.0. The quantitative estimate of drug-likeness (QED) is 0.206. The summed E-state index contributed by atoms with van der Waals surface area (Å²) in [4.78, 5) is 2.57. The molecule has 3 N–H and O–H groups in total. The third kappa shape index (κ3) is 7.70. The van der Waals surface area contributed by atoms with Gasteiger partial charge in [0.15, 0.2) is 6.29 Å². The molecule has 45 heavy (non-hydrogen) atoms. The van der Waals surface area contributed by atoms with Crippen LogP contribution in [0.4, 0.5) is 0 Å². The molecule has 0 radical (unpaired) electrons. The molecule has 2 aliphatic rings. The minimum absolute atomic E-state index is 0.00374. The summed E-state index contributed by atoms with van der Waals surface area (Å²) in [5.74, 6) is 0. The van der Waals surface area contributed by atoms with E-state index in [1.807, 2.05) is 72.8 Å². The van der Waals surface area contributed by atoms with Gasteiger partial charge in [0, 0.05) is 31.1 Å². The van der Waals surface area contributed by atoms with Crippen LogP contribution in [0.25, 0.3) is 11.1 Å². The highest BCUT2D eigenvalue weighted by Gasteiger charge is 2.35. The molecule has 0 unspecified atom stereocenters. The molecule has 0 spiro atoms. The maximum Gasteiger partial charge on any atom is 0.240 e. The fourth-order valence-corrected chi connectivity index (χ4v) is 7.23. The van der Waals surface area contributed by atoms with Crippen molar-refractivity contribution in [2.75, 3.05) is 19.7 Å². The summed E-state index contributed by atoms with van der Waals surface area (Å²) in [5, 5.41) is 19.4. The molecule has 236 valence electrons. The lowest BCUT2D eigenvalue weighted by Crippen LogP contribution is -2.42. The van der Waals surface area contributed by atoms with Gasteiger partial charge in [0.1, 0.15) is 0 Å². The number of hydrogen-bond acceptors (Lipinski definition) is 7. The Kier molecular flexibility index (Phi) is 10.1. The lowest BCUT2D eigenvalue weighted by Gasteiger charge is -2.38. The number of aliphatic hydroxyl groups excluding tert-OH is 2. The van der Waals surface area contributed by atoms with Crippen LogP contribution in [-0.4, -0.2) is 55.4 Å². The number of sulfonamides is 1. The molecule has 2 aliphatic heterocycles. The van der Waals surface area contributed by atoms with Gasteiger partial charge in [-0.1, -0.05) is 84.9 Å². The Morgan fingerprint density at radius 3 is 2.29 bits per heavy atom. The van der Waals surface area contributed by atoms with Crippen LogP contribution in [0.3, 0.4) is 0 Å². The topological polar surface area (TPSA) is 108 Å². The van der Waals surface area contributed by atoms with Crippen molar-refractivity contribution in [1.82, 2.24) is 9.62 Å². The number of hydrogen-bond donors (Lipinski definition) is 3. The zero-order chi connectivity index (χ0) is 31.2. The SMILES string of the molecule is O=S(=O)(NCc1cccc(-c2ccc([C@H]3O[C@@H](CN4CCC[C@H]4CO)C[C@@H](c4ccc(CO)cc4)O3)cc2)c1)c1ccccc1. The Balaban J connectivity index is 1.17. The van der Waals surface area contributed by atoms with E-state index in [0.717, 1.165) is 59.3 Å². The summed E-state index contributed by atoms with van der Waals surface area (Å²) in [6, 6.07) is 32.3. The molecule has 2 heterocycles. The van der Waals surface area contributed by atoms with Gasteiger partial charge < -0.3 is 19.7 Å². The Bertz CT molecular complexity index is 1650.